The van der Waals surface area contributed by atoms with Crippen LogP contribution in [0, 0.1) is 12.8 Å². The average Bonchev–Trinajstić information content (AvgIpc) is 3.63. The minimum absolute atomic E-state index is 0.00239. The third-order valence-corrected chi connectivity index (χ3v) is 7.57. The Bertz CT molecular complexity index is 1300. The first-order valence-electron chi connectivity index (χ1n) is 13.5. The molecule has 0 atom stereocenters. The first-order valence-corrected chi connectivity index (χ1v) is 13.5. The Morgan fingerprint density at radius 2 is 1.76 bits per heavy atom. The molecule has 37 heavy (non-hydrogen) atoms. The first kappa shape index (κ1) is 25.2. The van der Waals surface area contributed by atoms with E-state index in [0.717, 1.165) is 53.9 Å². The zero-order valence-electron chi connectivity index (χ0n) is 22.2. The number of H-pyrrole nitrogens is 1. The highest BCUT2D eigenvalue weighted by atomic mass is 16.5. The molecule has 0 spiro atoms. The molecule has 0 radical (unpaired) electrons. The Kier molecular flexibility index (Phi) is 7.17. The Hall–Kier alpha value is -3.42. The number of nitrogens with zero attached hydrogens (tertiary/aromatic N) is 2. The van der Waals surface area contributed by atoms with Crippen LogP contribution in [0.1, 0.15) is 86.8 Å². The number of benzene rings is 1. The summed E-state index contributed by atoms with van der Waals surface area (Å²) in [5.41, 5.74) is 5.56. The highest BCUT2D eigenvalue weighted by molar-refractivity contribution is 6.09. The van der Waals surface area contributed by atoms with Gasteiger partial charge >= 0.3 is 0 Å². The summed E-state index contributed by atoms with van der Waals surface area (Å²) < 4.78 is 6.24. The number of rotatable bonds is 8. The number of ether oxygens (including phenoxy) is 1. The van der Waals surface area contributed by atoms with Gasteiger partial charge in [-0.1, -0.05) is 19.9 Å². The Labute approximate surface area is 218 Å². The maximum atomic E-state index is 13.4. The lowest BCUT2D eigenvalue weighted by Gasteiger charge is -2.29. The number of aromatic amines is 1. The summed E-state index contributed by atoms with van der Waals surface area (Å²) in [6, 6.07) is 6.58. The van der Waals surface area contributed by atoms with Crippen molar-refractivity contribution in [2.75, 3.05) is 6.61 Å². The van der Waals surface area contributed by atoms with Crippen molar-refractivity contribution in [3.05, 3.63) is 41.3 Å². The van der Waals surface area contributed by atoms with Crippen LogP contribution in [0.25, 0.3) is 22.3 Å². The number of hydrogen-bond donors (Lipinski definition) is 3. The van der Waals surface area contributed by atoms with Crippen molar-refractivity contribution in [3.8, 4) is 17.0 Å². The SMILES string of the molecule is CC(=O)NC1CCC(NC(=O)c2c(C)[nH]c3c(-c4cc(C(C)C)ccc4OCC4CC4)ncnc23)CC1. The van der Waals surface area contributed by atoms with E-state index in [0.29, 0.717) is 29.5 Å². The molecule has 8 heteroatoms. The van der Waals surface area contributed by atoms with Gasteiger partial charge in [0.25, 0.3) is 5.91 Å². The lowest BCUT2D eigenvalue weighted by atomic mass is 9.91. The van der Waals surface area contributed by atoms with E-state index >= 15 is 0 Å². The van der Waals surface area contributed by atoms with Crippen molar-refractivity contribution < 1.29 is 14.3 Å². The number of fused-ring (bicyclic) bond motifs is 1. The molecule has 5 rings (SSSR count). The zero-order chi connectivity index (χ0) is 26.1. The predicted octanol–water partition coefficient (Wildman–Crippen LogP) is 5.02. The Balaban J connectivity index is 1.43. The second-order valence-electron chi connectivity index (χ2n) is 11.0. The largest absolute Gasteiger partial charge is 0.493 e. The Morgan fingerprint density at radius 3 is 2.41 bits per heavy atom. The van der Waals surface area contributed by atoms with E-state index in [9.17, 15) is 9.59 Å². The second kappa shape index (κ2) is 10.5. The van der Waals surface area contributed by atoms with E-state index in [4.69, 9.17) is 4.74 Å². The number of amides is 2. The van der Waals surface area contributed by atoms with E-state index in [1.54, 1.807) is 6.92 Å². The molecule has 0 aliphatic heterocycles. The molecule has 196 valence electrons. The van der Waals surface area contributed by atoms with Crippen LogP contribution in [0.3, 0.4) is 0 Å². The summed E-state index contributed by atoms with van der Waals surface area (Å²) in [7, 11) is 0. The first-order chi connectivity index (χ1) is 17.8. The normalized spacial score (nSPS) is 19.7. The molecule has 2 fully saturated rings. The molecule has 3 N–H and O–H groups in total. The van der Waals surface area contributed by atoms with Crippen LogP contribution in [0.5, 0.6) is 5.75 Å². The monoisotopic (exact) mass is 503 g/mol. The smallest absolute Gasteiger partial charge is 0.255 e. The zero-order valence-corrected chi connectivity index (χ0v) is 22.2. The van der Waals surface area contributed by atoms with Gasteiger partial charge in [0.05, 0.1) is 17.7 Å². The number of nitrogens with one attached hydrogen (secondary N) is 3. The van der Waals surface area contributed by atoms with Crippen LogP contribution < -0.4 is 15.4 Å². The van der Waals surface area contributed by atoms with Gasteiger partial charge in [-0.05, 0) is 75.0 Å². The van der Waals surface area contributed by atoms with E-state index in [-0.39, 0.29) is 23.9 Å². The van der Waals surface area contributed by atoms with Gasteiger partial charge in [-0.3, -0.25) is 9.59 Å². The summed E-state index contributed by atoms with van der Waals surface area (Å²) in [6.45, 7) is 8.51. The van der Waals surface area contributed by atoms with Gasteiger partial charge in [-0.2, -0.15) is 0 Å². The molecule has 2 aliphatic rings. The minimum Gasteiger partial charge on any atom is -0.493 e. The van der Waals surface area contributed by atoms with Crippen LogP contribution in [0.15, 0.2) is 24.5 Å². The van der Waals surface area contributed by atoms with Crippen molar-refractivity contribution in [2.45, 2.75) is 84.2 Å². The van der Waals surface area contributed by atoms with Gasteiger partial charge in [0.1, 0.15) is 23.3 Å². The van der Waals surface area contributed by atoms with E-state index in [2.05, 4.69) is 51.6 Å². The molecular weight excluding hydrogens is 466 g/mol. The Morgan fingerprint density at radius 1 is 1.05 bits per heavy atom. The van der Waals surface area contributed by atoms with Gasteiger partial charge < -0.3 is 20.4 Å². The highest BCUT2D eigenvalue weighted by Gasteiger charge is 2.27. The van der Waals surface area contributed by atoms with Gasteiger partial charge in [-0.25, -0.2) is 9.97 Å². The fraction of sp³-hybridized carbons (Fsp3) is 0.517. The molecule has 2 saturated carbocycles. The van der Waals surface area contributed by atoms with E-state index in [1.807, 2.05) is 13.0 Å². The fourth-order valence-electron chi connectivity index (χ4n) is 5.24. The summed E-state index contributed by atoms with van der Waals surface area (Å²) >= 11 is 0. The van der Waals surface area contributed by atoms with Crippen molar-refractivity contribution in [1.82, 2.24) is 25.6 Å². The summed E-state index contributed by atoms with van der Waals surface area (Å²) in [5.74, 6) is 1.68. The van der Waals surface area contributed by atoms with Crippen LogP contribution in [-0.2, 0) is 4.79 Å². The molecular formula is C29H37N5O3. The van der Waals surface area contributed by atoms with Crippen LogP contribution in [-0.4, -0.2) is 45.5 Å². The number of carbonyl (C=O) groups excluding carboxylic acids is 2. The van der Waals surface area contributed by atoms with E-state index < -0.39 is 0 Å². The molecule has 2 amide bonds. The van der Waals surface area contributed by atoms with Crippen molar-refractivity contribution >= 4 is 22.8 Å². The highest BCUT2D eigenvalue weighted by Crippen LogP contribution is 2.38. The number of hydrogen-bond acceptors (Lipinski definition) is 5. The molecule has 2 aliphatic carbocycles. The topological polar surface area (TPSA) is 109 Å². The van der Waals surface area contributed by atoms with Crippen molar-refractivity contribution in [1.29, 1.82) is 0 Å². The van der Waals surface area contributed by atoms with Crippen LogP contribution in [0.2, 0.25) is 0 Å². The quantitative estimate of drug-likeness (QED) is 0.400. The molecule has 0 bridgehead atoms. The van der Waals surface area contributed by atoms with Gasteiger partial charge in [0, 0.05) is 30.3 Å². The third-order valence-electron chi connectivity index (χ3n) is 7.57. The van der Waals surface area contributed by atoms with Gasteiger partial charge in [0.15, 0.2) is 0 Å². The molecule has 1 aromatic carbocycles. The van der Waals surface area contributed by atoms with Crippen molar-refractivity contribution in [3.63, 3.8) is 0 Å². The summed E-state index contributed by atoms with van der Waals surface area (Å²) in [6.07, 6.45) is 7.37. The lowest BCUT2D eigenvalue weighted by molar-refractivity contribution is -0.119. The maximum Gasteiger partial charge on any atom is 0.255 e. The second-order valence-corrected chi connectivity index (χ2v) is 11.0. The lowest BCUT2D eigenvalue weighted by Crippen LogP contribution is -2.43. The van der Waals surface area contributed by atoms with Gasteiger partial charge in [0.2, 0.25) is 5.91 Å². The van der Waals surface area contributed by atoms with Crippen LogP contribution in [0.4, 0.5) is 0 Å². The van der Waals surface area contributed by atoms with Crippen LogP contribution >= 0.6 is 0 Å². The molecule has 0 saturated heterocycles. The molecule has 8 nitrogen and oxygen atoms in total. The fourth-order valence-corrected chi connectivity index (χ4v) is 5.24. The van der Waals surface area contributed by atoms with Crippen molar-refractivity contribution in [2.24, 2.45) is 5.92 Å². The maximum absolute atomic E-state index is 13.4. The standard InChI is InChI=1S/C29H37N5O3/c1-16(2)20-7-12-24(37-14-19-5-6-19)23(13-20)26-28-27(31-15-30-26)25(17(3)32-28)29(36)34-22-10-8-21(9-11-22)33-18(4)35/h7,12-13,15-16,19,21-22,32H,5-6,8-11,14H2,1-4H3,(H,33,35)(H,34,36). The summed E-state index contributed by atoms with van der Waals surface area (Å²) in [4.78, 5) is 37.4. The molecule has 2 aromatic heterocycles. The van der Waals surface area contributed by atoms with E-state index in [1.165, 1.54) is 24.7 Å². The number of carbonyl (C=O) groups is 2. The molecule has 0 unspecified atom stereocenters. The number of aromatic nitrogens is 3. The minimum atomic E-state index is -0.127. The third kappa shape index (κ3) is 5.63. The predicted molar refractivity (Wildman–Crippen MR) is 144 cm³/mol. The average molecular weight is 504 g/mol. The molecule has 2 heterocycles. The summed E-state index contributed by atoms with van der Waals surface area (Å²) in [5, 5.41) is 6.19. The number of aryl methyl sites for hydroxylation is 1. The van der Waals surface area contributed by atoms with Gasteiger partial charge in [-0.15, -0.1) is 0 Å². The molecule has 3 aromatic rings.